The van der Waals surface area contributed by atoms with E-state index < -0.39 is 0 Å². The molecule has 2 N–H and O–H groups in total. The number of carbonyl (C=O) groups is 1. The molecule has 1 aliphatic carbocycles. The molecule has 0 unspecified atom stereocenters. The van der Waals surface area contributed by atoms with Gasteiger partial charge in [-0.05, 0) is 43.2 Å². The van der Waals surface area contributed by atoms with Crippen LogP contribution in [0.2, 0.25) is 5.02 Å². The minimum atomic E-state index is -0.102. The lowest BCUT2D eigenvalue weighted by Crippen LogP contribution is -2.25. The van der Waals surface area contributed by atoms with Crippen LogP contribution in [0.15, 0.2) is 48.8 Å². The highest BCUT2D eigenvalue weighted by Gasteiger charge is 2.24. The highest BCUT2D eigenvalue weighted by Crippen LogP contribution is 2.24. The summed E-state index contributed by atoms with van der Waals surface area (Å²) >= 11 is 6.25. The van der Waals surface area contributed by atoms with Crippen LogP contribution < -0.4 is 10.6 Å². The molecule has 1 aromatic carbocycles. The molecular weight excluding hydrogens is 324 g/mol. The summed E-state index contributed by atoms with van der Waals surface area (Å²) in [6.07, 6.45) is 6.07. The maximum atomic E-state index is 12.1. The largest absolute Gasteiger partial charge is 0.379 e. The van der Waals surface area contributed by atoms with Crippen molar-refractivity contribution in [3.05, 3.63) is 65.1 Å². The summed E-state index contributed by atoms with van der Waals surface area (Å²) in [7, 11) is 0. The topological polar surface area (TPSA) is 58.4 Å². The minimum Gasteiger partial charge on any atom is -0.379 e. The van der Waals surface area contributed by atoms with Crippen molar-refractivity contribution in [2.45, 2.75) is 25.4 Å². The molecule has 1 saturated carbocycles. The molecule has 0 saturated heterocycles. The zero-order chi connectivity index (χ0) is 16.5. The maximum Gasteiger partial charge on any atom is 0.253 e. The minimum absolute atomic E-state index is 0.102. The molecular formula is C18H17ClN4O. The molecule has 24 heavy (non-hydrogen) atoms. The molecule has 1 aliphatic rings. The second-order valence-corrected chi connectivity index (χ2v) is 6.40. The van der Waals surface area contributed by atoms with E-state index in [1.807, 2.05) is 41.1 Å². The van der Waals surface area contributed by atoms with Gasteiger partial charge in [-0.15, -0.1) is 0 Å². The first kappa shape index (κ1) is 15.0. The summed E-state index contributed by atoms with van der Waals surface area (Å²) in [4.78, 5) is 16.6. The van der Waals surface area contributed by atoms with Crippen molar-refractivity contribution in [3.63, 3.8) is 0 Å². The number of imidazole rings is 1. The molecule has 0 radical (unpaired) electrons. The molecule has 1 amide bonds. The lowest BCUT2D eigenvalue weighted by Gasteiger charge is -2.09. The summed E-state index contributed by atoms with van der Waals surface area (Å²) in [5.41, 5.74) is 3.23. The predicted octanol–water partition coefficient (Wildman–Crippen LogP) is 3.49. The number of benzene rings is 1. The fraction of sp³-hybridized carbons (Fsp3) is 0.222. The van der Waals surface area contributed by atoms with E-state index in [1.165, 1.54) is 0 Å². The molecule has 2 heterocycles. The van der Waals surface area contributed by atoms with Crippen LogP contribution in [0.25, 0.3) is 5.65 Å². The van der Waals surface area contributed by atoms with Gasteiger partial charge >= 0.3 is 0 Å². The number of nitrogens with one attached hydrogen (secondary N) is 2. The number of halogens is 1. The van der Waals surface area contributed by atoms with Gasteiger partial charge in [0.1, 0.15) is 5.65 Å². The Morgan fingerprint density at radius 3 is 2.92 bits per heavy atom. The zero-order valence-electron chi connectivity index (χ0n) is 13.0. The highest BCUT2D eigenvalue weighted by molar-refractivity contribution is 6.34. The fourth-order valence-electron chi connectivity index (χ4n) is 2.57. The van der Waals surface area contributed by atoms with Gasteiger partial charge in [-0.3, -0.25) is 4.79 Å². The Morgan fingerprint density at radius 1 is 1.29 bits per heavy atom. The zero-order valence-corrected chi connectivity index (χ0v) is 13.8. The second kappa shape index (κ2) is 6.17. The number of hydrogen-bond acceptors (Lipinski definition) is 3. The Morgan fingerprint density at radius 2 is 2.17 bits per heavy atom. The molecule has 0 bridgehead atoms. The monoisotopic (exact) mass is 340 g/mol. The van der Waals surface area contributed by atoms with Gasteiger partial charge in [0, 0.05) is 24.1 Å². The van der Waals surface area contributed by atoms with Crippen LogP contribution in [0.5, 0.6) is 0 Å². The van der Waals surface area contributed by atoms with Crippen LogP contribution in [0.1, 0.15) is 28.9 Å². The number of amides is 1. The molecule has 4 rings (SSSR count). The summed E-state index contributed by atoms with van der Waals surface area (Å²) < 4.78 is 1.98. The number of anilines is 1. The first-order valence-electron chi connectivity index (χ1n) is 7.96. The molecule has 5 nitrogen and oxygen atoms in total. The van der Waals surface area contributed by atoms with Crippen molar-refractivity contribution >= 4 is 28.8 Å². The highest BCUT2D eigenvalue weighted by atomic mass is 35.5. The maximum absolute atomic E-state index is 12.1. The third-order valence-corrected chi connectivity index (χ3v) is 4.33. The van der Waals surface area contributed by atoms with Crippen molar-refractivity contribution in [1.29, 1.82) is 0 Å². The summed E-state index contributed by atoms with van der Waals surface area (Å²) in [6.45, 7) is 0.589. The number of nitrogens with zero attached hydrogens (tertiary/aromatic N) is 2. The van der Waals surface area contributed by atoms with Gasteiger partial charge in [0.2, 0.25) is 0 Å². The van der Waals surface area contributed by atoms with E-state index in [0.717, 1.165) is 29.9 Å². The number of hydrogen-bond donors (Lipinski definition) is 2. The Hall–Kier alpha value is -2.53. The second-order valence-electron chi connectivity index (χ2n) is 5.99. The third kappa shape index (κ3) is 3.21. The van der Waals surface area contributed by atoms with E-state index in [1.54, 1.807) is 12.1 Å². The average molecular weight is 341 g/mol. The summed E-state index contributed by atoms with van der Waals surface area (Å²) in [5.74, 6) is -0.102. The smallest absolute Gasteiger partial charge is 0.253 e. The lowest BCUT2D eigenvalue weighted by atomic mass is 10.2. The molecule has 0 aliphatic heterocycles. The van der Waals surface area contributed by atoms with E-state index in [9.17, 15) is 4.79 Å². The van der Waals surface area contributed by atoms with Crippen molar-refractivity contribution in [2.24, 2.45) is 0 Å². The van der Waals surface area contributed by atoms with Crippen LogP contribution in [0.4, 0.5) is 5.69 Å². The van der Waals surface area contributed by atoms with Crippen molar-refractivity contribution < 1.29 is 4.79 Å². The summed E-state index contributed by atoms with van der Waals surface area (Å²) in [5, 5.41) is 6.69. The van der Waals surface area contributed by atoms with Gasteiger partial charge in [0.05, 0.1) is 22.8 Å². The standard InChI is InChI=1S/C18H17ClN4O/c19-16-9-13(6-7-15(16)18(24)22-12-4-5-12)20-10-14-11-23-8-2-1-3-17(23)21-14/h1-3,6-9,11-12,20H,4-5,10H2,(H,22,24). The van der Waals surface area contributed by atoms with Gasteiger partial charge in [-0.1, -0.05) is 17.7 Å². The molecule has 6 heteroatoms. The number of pyridine rings is 1. The fourth-order valence-corrected chi connectivity index (χ4v) is 2.83. The van der Waals surface area contributed by atoms with Gasteiger partial charge in [-0.25, -0.2) is 4.98 Å². The van der Waals surface area contributed by atoms with Crippen LogP contribution >= 0.6 is 11.6 Å². The normalized spacial score (nSPS) is 13.9. The van der Waals surface area contributed by atoms with Gasteiger partial charge in [0.25, 0.3) is 5.91 Å². The quantitative estimate of drug-likeness (QED) is 0.747. The van der Waals surface area contributed by atoms with Crippen molar-refractivity contribution in [1.82, 2.24) is 14.7 Å². The van der Waals surface area contributed by atoms with E-state index in [0.29, 0.717) is 23.2 Å². The van der Waals surface area contributed by atoms with E-state index in [2.05, 4.69) is 15.6 Å². The van der Waals surface area contributed by atoms with E-state index >= 15 is 0 Å². The Bertz CT molecular complexity index is 868. The SMILES string of the molecule is O=C(NC1CC1)c1ccc(NCc2cn3ccccc3n2)cc1Cl. The van der Waals surface area contributed by atoms with Gasteiger partial charge < -0.3 is 15.0 Å². The van der Waals surface area contributed by atoms with Crippen molar-refractivity contribution in [2.75, 3.05) is 5.32 Å². The number of fused-ring (bicyclic) bond motifs is 1. The predicted molar refractivity (Wildman–Crippen MR) is 94.5 cm³/mol. The summed E-state index contributed by atoms with van der Waals surface area (Å²) in [6, 6.07) is 11.6. The lowest BCUT2D eigenvalue weighted by molar-refractivity contribution is 0.0951. The first-order chi connectivity index (χ1) is 11.7. The molecule has 122 valence electrons. The Balaban J connectivity index is 1.44. The number of rotatable bonds is 5. The van der Waals surface area contributed by atoms with Gasteiger partial charge in [0.15, 0.2) is 0 Å². The van der Waals surface area contributed by atoms with Crippen LogP contribution in [-0.4, -0.2) is 21.3 Å². The Kier molecular flexibility index (Phi) is 3.86. The average Bonchev–Trinajstić information content (AvgIpc) is 3.28. The van der Waals surface area contributed by atoms with Gasteiger partial charge in [-0.2, -0.15) is 0 Å². The molecule has 0 atom stereocenters. The molecule has 0 spiro atoms. The van der Waals surface area contributed by atoms with Crippen LogP contribution in [-0.2, 0) is 6.54 Å². The Labute approximate surface area is 144 Å². The van der Waals surface area contributed by atoms with E-state index in [4.69, 9.17) is 11.6 Å². The first-order valence-corrected chi connectivity index (χ1v) is 8.34. The number of carbonyl (C=O) groups excluding carboxylic acids is 1. The molecule has 2 aromatic heterocycles. The molecule has 1 fully saturated rings. The van der Waals surface area contributed by atoms with E-state index in [-0.39, 0.29) is 5.91 Å². The number of aromatic nitrogens is 2. The molecule has 3 aromatic rings. The van der Waals surface area contributed by atoms with Crippen LogP contribution in [0, 0.1) is 0 Å². The van der Waals surface area contributed by atoms with Crippen LogP contribution in [0.3, 0.4) is 0 Å². The van der Waals surface area contributed by atoms with Crippen molar-refractivity contribution in [3.8, 4) is 0 Å². The third-order valence-electron chi connectivity index (χ3n) is 4.01.